The van der Waals surface area contributed by atoms with Gasteiger partial charge < -0.3 is 28.5 Å². The molecule has 0 fully saturated rings. The Morgan fingerprint density at radius 2 is 0.831 bits per heavy atom. The lowest BCUT2D eigenvalue weighted by molar-refractivity contribution is -0.870. The van der Waals surface area contributed by atoms with Gasteiger partial charge in [-0.25, -0.2) is 0 Å². The van der Waals surface area contributed by atoms with Crippen molar-refractivity contribution in [3.63, 3.8) is 0 Å². The summed E-state index contributed by atoms with van der Waals surface area (Å²) in [6.07, 6.45) is 75.1. The summed E-state index contributed by atoms with van der Waals surface area (Å²) in [6, 6.07) is -0.910. The molecule has 0 aromatic heterocycles. The highest BCUT2D eigenvalue weighted by Crippen LogP contribution is 2.38. The minimum Gasteiger partial charge on any atom is -0.756 e. The van der Waals surface area contributed by atoms with Gasteiger partial charge in [-0.05, 0) is 109 Å². The van der Waals surface area contributed by atoms with E-state index in [4.69, 9.17) is 13.8 Å². The Morgan fingerprint density at radius 3 is 1.29 bits per heavy atom. The van der Waals surface area contributed by atoms with Crippen LogP contribution in [-0.4, -0.2) is 69.4 Å². The van der Waals surface area contributed by atoms with E-state index in [1.54, 1.807) is 0 Å². The molecule has 0 aliphatic heterocycles. The number of amides is 1. The summed E-state index contributed by atoms with van der Waals surface area (Å²) in [5.41, 5.74) is 0. The zero-order valence-corrected chi connectivity index (χ0v) is 51.5. The first kappa shape index (κ1) is 73.9. The van der Waals surface area contributed by atoms with Gasteiger partial charge in [-0.2, -0.15) is 0 Å². The van der Waals surface area contributed by atoms with Crippen molar-refractivity contribution in [2.75, 3.05) is 40.9 Å². The van der Waals surface area contributed by atoms with Gasteiger partial charge in [-0.1, -0.05) is 240 Å². The van der Waals surface area contributed by atoms with Crippen LogP contribution in [-0.2, 0) is 27.9 Å². The number of carbonyl (C=O) groups excluding carboxylic acids is 2. The number of phosphoric ester groups is 1. The maximum atomic E-state index is 13.5. The van der Waals surface area contributed by atoms with Crippen LogP contribution in [0.25, 0.3) is 0 Å². The van der Waals surface area contributed by atoms with Crippen LogP contribution in [0, 0.1) is 0 Å². The van der Waals surface area contributed by atoms with E-state index in [0.29, 0.717) is 23.9 Å². The smallest absolute Gasteiger partial charge is 0.306 e. The Kier molecular flexibility index (Phi) is 54.0. The molecule has 0 aromatic carbocycles. The van der Waals surface area contributed by atoms with E-state index in [9.17, 15) is 19.0 Å². The Balaban J connectivity index is 5.35. The SMILES string of the molecule is CC/C=C\C/C=C\C/C=C\C/C=C\C/C=C\CCCCCC(=O)OC(/C=C/CCCCCCCCCCCCC)C(COP(=O)([O-])OCC[N+](C)(C)C)NC(=O)CCCCCCCCCCC/C=C\C/C=C\CCCCC. The highest BCUT2D eigenvalue weighted by atomic mass is 31.2. The number of likely N-dealkylation sites (N-methyl/N-ethyl adjacent to an activating group) is 1. The van der Waals surface area contributed by atoms with Crippen LogP contribution >= 0.6 is 7.82 Å². The third-order valence-electron chi connectivity index (χ3n) is 13.5. The van der Waals surface area contributed by atoms with Crippen molar-refractivity contribution in [3.05, 3.63) is 97.2 Å². The lowest BCUT2D eigenvalue weighted by atomic mass is 10.0. The fraction of sp³-hybridized carbons (Fsp3) is 0.731. The third-order valence-corrected chi connectivity index (χ3v) is 14.5. The number of rotatable bonds is 56. The third kappa shape index (κ3) is 57.4. The van der Waals surface area contributed by atoms with E-state index in [2.05, 4.69) is 111 Å². The van der Waals surface area contributed by atoms with Gasteiger partial charge in [-0.3, -0.25) is 14.2 Å². The van der Waals surface area contributed by atoms with Gasteiger partial charge in [0.15, 0.2) is 0 Å². The molecule has 0 radical (unpaired) electrons. The average Bonchev–Trinajstić information content (AvgIpc) is 3.39. The number of hydrogen-bond donors (Lipinski definition) is 1. The molecular weight excluding hydrogens is 976 g/mol. The van der Waals surface area contributed by atoms with E-state index < -0.39 is 26.6 Å². The number of allylic oxidation sites excluding steroid dienone is 15. The first-order valence-corrected chi connectivity index (χ1v) is 33.0. The molecule has 9 nitrogen and oxygen atoms in total. The van der Waals surface area contributed by atoms with E-state index in [-0.39, 0.29) is 24.9 Å². The highest BCUT2D eigenvalue weighted by Gasteiger charge is 2.27. The molecule has 0 heterocycles. The number of quaternary nitrogens is 1. The summed E-state index contributed by atoms with van der Waals surface area (Å²) in [5, 5.41) is 3.02. The monoisotopic (exact) mass is 1090 g/mol. The summed E-state index contributed by atoms with van der Waals surface area (Å²) in [6.45, 7) is 6.68. The van der Waals surface area contributed by atoms with Crippen molar-refractivity contribution in [2.45, 2.75) is 277 Å². The standard InChI is InChI=1S/C67H119N2O7P/c1-7-10-13-16-19-22-25-28-30-32-34-36-38-41-44-47-50-53-56-59-66(70)68-64(63-75-77(72,73)74-62-61-69(4,5)6)65(58-55-52-49-46-43-40-27-24-21-18-15-12-9-3)76-67(71)60-57-54-51-48-45-42-39-37-35-33-31-29-26-23-20-17-14-11-8-2/h11,14,19-20,22-23,28-31,35,37,42,45,55,58,64-65H,7-10,12-13,15-18,21,24-27,32-34,36,38-41,43-44,46-54,56-57,59-63H2,1-6H3,(H-,68,70,72,73)/b14-11-,22-19-,23-20-,30-28-,31-29-,37-35-,45-42-,58-55+. The number of nitrogens with zero attached hydrogens (tertiary/aromatic N) is 1. The molecular formula is C67H119N2O7P. The van der Waals surface area contributed by atoms with E-state index in [0.717, 1.165) is 109 Å². The molecule has 0 saturated heterocycles. The molecule has 0 aliphatic carbocycles. The second-order valence-corrected chi connectivity index (χ2v) is 23.6. The predicted molar refractivity (Wildman–Crippen MR) is 330 cm³/mol. The lowest BCUT2D eigenvalue weighted by Gasteiger charge is -2.30. The Bertz CT molecular complexity index is 1640. The number of ether oxygens (including phenoxy) is 1. The molecule has 1 amide bonds. The van der Waals surface area contributed by atoms with Gasteiger partial charge in [0.2, 0.25) is 5.91 Å². The molecule has 77 heavy (non-hydrogen) atoms. The first-order chi connectivity index (χ1) is 37.4. The zero-order valence-electron chi connectivity index (χ0n) is 50.6. The number of hydrogen-bond acceptors (Lipinski definition) is 7. The Labute approximate surface area is 475 Å². The van der Waals surface area contributed by atoms with Gasteiger partial charge in [0.25, 0.3) is 7.82 Å². The molecule has 0 saturated carbocycles. The summed E-state index contributed by atoms with van der Waals surface area (Å²) in [5.74, 6) is -0.585. The minimum absolute atomic E-state index is 0.0329. The molecule has 10 heteroatoms. The summed E-state index contributed by atoms with van der Waals surface area (Å²) in [4.78, 5) is 40.0. The Morgan fingerprint density at radius 1 is 0.468 bits per heavy atom. The zero-order chi connectivity index (χ0) is 56.4. The van der Waals surface area contributed by atoms with Crippen molar-refractivity contribution in [2.24, 2.45) is 0 Å². The van der Waals surface area contributed by atoms with Crippen LogP contribution < -0.4 is 10.2 Å². The largest absolute Gasteiger partial charge is 0.756 e. The summed E-state index contributed by atoms with van der Waals surface area (Å²) < 4.78 is 30.3. The van der Waals surface area contributed by atoms with Gasteiger partial charge in [-0.15, -0.1) is 0 Å². The highest BCUT2D eigenvalue weighted by molar-refractivity contribution is 7.45. The molecule has 0 rings (SSSR count). The van der Waals surface area contributed by atoms with Crippen molar-refractivity contribution >= 4 is 19.7 Å². The minimum atomic E-state index is -4.71. The van der Waals surface area contributed by atoms with Crippen molar-refractivity contribution in [3.8, 4) is 0 Å². The molecule has 3 atom stereocenters. The first-order valence-electron chi connectivity index (χ1n) is 31.5. The topological polar surface area (TPSA) is 114 Å². The number of phosphoric acid groups is 1. The average molecular weight is 1100 g/mol. The van der Waals surface area contributed by atoms with E-state index in [1.165, 1.54) is 116 Å². The lowest BCUT2D eigenvalue weighted by Crippen LogP contribution is -2.47. The molecule has 3 unspecified atom stereocenters. The number of esters is 1. The molecule has 0 bridgehead atoms. The van der Waals surface area contributed by atoms with Crippen LogP contribution in [0.1, 0.15) is 265 Å². The molecule has 0 aromatic rings. The maximum Gasteiger partial charge on any atom is 0.306 e. The fourth-order valence-corrected chi connectivity index (χ4v) is 9.36. The number of unbranched alkanes of at least 4 members (excludes halogenated alkanes) is 26. The summed E-state index contributed by atoms with van der Waals surface area (Å²) in [7, 11) is 1.15. The van der Waals surface area contributed by atoms with Crippen LogP contribution in [0.2, 0.25) is 0 Å². The van der Waals surface area contributed by atoms with Gasteiger partial charge in [0, 0.05) is 12.8 Å². The van der Waals surface area contributed by atoms with Crippen LogP contribution in [0.5, 0.6) is 0 Å². The molecule has 0 aliphatic rings. The predicted octanol–water partition coefficient (Wildman–Crippen LogP) is 18.9. The van der Waals surface area contributed by atoms with Crippen molar-refractivity contribution in [1.29, 1.82) is 0 Å². The van der Waals surface area contributed by atoms with Gasteiger partial charge >= 0.3 is 5.97 Å². The van der Waals surface area contributed by atoms with E-state index in [1.807, 2.05) is 33.3 Å². The normalized spacial score (nSPS) is 14.3. The second kappa shape index (κ2) is 56.2. The number of carbonyl (C=O) groups is 2. The fourth-order valence-electron chi connectivity index (χ4n) is 8.64. The molecule has 0 spiro atoms. The second-order valence-electron chi connectivity index (χ2n) is 22.2. The summed E-state index contributed by atoms with van der Waals surface area (Å²) >= 11 is 0. The Hall–Kier alpha value is -3.07. The van der Waals surface area contributed by atoms with Crippen molar-refractivity contribution < 1.29 is 37.3 Å². The number of nitrogens with one attached hydrogen (secondary N) is 1. The van der Waals surface area contributed by atoms with Gasteiger partial charge in [0.1, 0.15) is 19.3 Å². The maximum absolute atomic E-state index is 13.5. The molecule has 444 valence electrons. The van der Waals surface area contributed by atoms with Crippen LogP contribution in [0.15, 0.2) is 97.2 Å². The molecule has 1 N–H and O–H groups in total. The van der Waals surface area contributed by atoms with Gasteiger partial charge in [0.05, 0.1) is 33.8 Å². The van der Waals surface area contributed by atoms with E-state index >= 15 is 0 Å². The van der Waals surface area contributed by atoms with Crippen LogP contribution in [0.4, 0.5) is 0 Å². The quantitative estimate of drug-likeness (QED) is 0.0212. The van der Waals surface area contributed by atoms with Crippen LogP contribution in [0.3, 0.4) is 0 Å². The van der Waals surface area contributed by atoms with Crippen molar-refractivity contribution in [1.82, 2.24) is 5.32 Å².